The zero-order valence-corrected chi connectivity index (χ0v) is 20.8. The summed E-state index contributed by atoms with van der Waals surface area (Å²) in [6.07, 6.45) is -2.89. The predicted molar refractivity (Wildman–Crippen MR) is 136 cm³/mol. The molecule has 1 aromatic heterocycles. The van der Waals surface area contributed by atoms with Gasteiger partial charge in [0, 0.05) is 12.3 Å². The Labute approximate surface area is 221 Å². The SMILES string of the molecule is CC1(Cc2cc(F)cc(F)c2)C(=O)N(c2ccccn2)Cc2ccc(-c3cccc(OCC(F)(F)F)c3)cc21. The van der Waals surface area contributed by atoms with Gasteiger partial charge in [0.2, 0.25) is 5.91 Å². The van der Waals surface area contributed by atoms with E-state index in [0.29, 0.717) is 28.1 Å². The largest absolute Gasteiger partial charge is 0.484 e. The average Bonchev–Trinajstić information content (AvgIpc) is 2.89. The quantitative estimate of drug-likeness (QED) is 0.248. The van der Waals surface area contributed by atoms with Crippen LogP contribution in [-0.2, 0) is 23.2 Å². The van der Waals surface area contributed by atoms with Crippen LogP contribution in [0, 0.1) is 11.6 Å². The second-order valence-electron chi connectivity index (χ2n) is 9.67. The predicted octanol–water partition coefficient (Wildman–Crippen LogP) is 7.02. The van der Waals surface area contributed by atoms with Crippen LogP contribution in [-0.4, -0.2) is 23.7 Å². The molecular weight excluding hydrogens is 515 g/mol. The van der Waals surface area contributed by atoms with Gasteiger partial charge in [0.25, 0.3) is 0 Å². The first-order valence-corrected chi connectivity index (χ1v) is 12.1. The van der Waals surface area contributed by atoms with Crippen molar-refractivity contribution in [3.05, 3.63) is 113 Å². The van der Waals surface area contributed by atoms with Gasteiger partial charge in [-0.2, -0.15) is 13.2 Å². The van der Waals surface area contributed by atoms with Gasteiger partial charge in [-0.05, 0) is 83.6 Å². The molecule has 2 heterocycles. The van der Waals surface area contributed by atoms with Gasteiger partial charge in [0.15, 0.2) is 6.61 Å². The molecule has 1 unspecified atom stereocenters. The van der Waals surface area contributed by atoms with E-state index in [2.05, 4.69) is 4.98 Å². The summed E-state index contributed by atoms with van der Waals surface area (Å²) in [5, 5.41) is 0. The Kier molecular flexibility index (Phi) is 6.84. The number of benzene rings is 3. The molecule has 0 aliphatic carbocycles. The van der Waals surface area contributed by atoms with Gasteiger partial charge in [-0.15, -0.1) is 0 Å². The van der Waals surface area contributed by atoms with Crippen molar-refractivity contribution in [2.45, 2.75) is 31.5 Å². The molecule has 1 aliphatic rings. The molecular formula is C30H23F5N2O2. The molecule has 1 atom stereocenters. The number of carbonyl (C=O) groups excluding carboxylic acids is 1. The van der Waals surface area contributed by atoms with Crippen LogP contribution in [0.25, 0.3) is 11.1 Å². The molecule has 3 aromatic carbocycles. The number of carbonyl (C=O) groups is 1. The molecule has 4 nitrogen and oxygen atoms in total. The van der Waals surface area contributed by atoms with Gasteiger partial charge in [0.05, 0.1) is 12.0 Å². The zero-order chi connectivity index (χ0) is 27.8. The highest BCUT2D eigenvalue weighted by Gasteiger charge is 2.45. The van der Waals surface area contributed by atoms with Crippen LogP contribution < -0.4 is 9.64 Å². The van der Waals surface area contributed by atoms with E-state index in [4.69, 9.17) is 4.74 Å². The van der Waals surface area contributed by atoms with E-state index in [9.17, 15) is 26.7 Å². The molecule has 1 amide bonds. The molecule has 0 fully saturated rings. The molecule has 9 heteroatoms. The summed E-state index contributed by atoms with van der Waals surface area (Å²) < 4.78 is 71.0. The number of aromatic nitrogens is 1. The van der Waals surface area contributed by atoms with Crippen LogP contribution in [0.3, 0.4) is 0 Å². The third-order valence-corrected chi connectivity index (χ3v) is 6.73. The second-order valence-corrected chi connectivity index (χ2v) is 9.67. The Morgan fingerprint density at radius 2 is 1.67 bits per heavy atom. The highest BCUT2D eigenvalue weighted by atomic mass is 19.4. The lowest BCUT2D eigenvalue weighted by atomic mass is 9.71. The van der Waals surface area contributed by atoms with Gasteiger partial charge in [0.1, 0.15) is 23.2 Å². The van der Waals surface area contributed by atoms with Gasteiger partial charge in [-0.25, -0.2) is 13.8 Å². The smallest absolute Gasteiger partial charge is 0.422 e. The fourth-order valence-electron chi connectivity index (χ4n) is 4.98. The van der Waals surface area contributed by atoms with Crippen molar-refractivity contribution in [1.29, 1.82) is 0 Å². The van der Waals surface area contributed by atoms with Crippen LogP contribution in [0.5, 0.6) is 5.75 Å². The summed E-state index contributed by atoms with van der Waals surface area (Å²) >= 11 is 0. The summed E-state index contributed by atoms with van der Waals surface area (Å²) in [6.45, 7) is 0.535. The average molecular weight is 539 g/mol. The molecule has 1 aliphatic heterocycles. The van der Waals surface area contributed by atoms with Crippen molar-refractivity contribution >= 4 is 11.7 Å². The van der Waals surface area contributed by atoms with Crippen molar-refractivity contribution in [1.82, 2.24) is 4.98 Å². The number of ether oxygens (including phenoxy) is 1. The summed E-state index contributed by atoms with van der Waals surface area (Å²) in [4.78, 5) is 19.9. The van der Waals surface area contributed by atoms with Crippen molar-refractivity contribution in [2.75, 3.05) is 11.5 Å². The topological polar surface area (TPSA) is 42.4 Å². The number of hydrogen-bond acceptors (Lipinski definition) is 3. The van der Waals surface area contributed by atoms with Crippen molar-refractivity contribution in [3.8, 4) is 16.9 Å². The van der Waals surface area contributed by atoms with E-state index < -0.39 is 29.8 Å². The first-order valence-electron chi connectivity index (χ1n) is 12.1. The van der Waals surface area contributed by atoms with Crippen LogP contribution in [0.4, 0.5) is 27.8 Å². The highest BCUT2D eigenvalue weighted by molar-refractivity contribution is 6.02. The molecule has 5 rings (SSSR count). The van der Waals surface area contributed by atoms with E-state index >= 15 is 0 Å². The number of anilines is 1. The number of nitrogens with zero attached hydrogens (tertiary/aromatic N) is 2. The lowest BCUT2D eigenvalue weighted by Crippen LogP contribution is -2.51. The van der Waals surface area contributed by atoms with E-state index in [1.165, 1.54) is 24.3 Å². The van der Waals surface area contributed by atoms with Gasteiger partial charge in [-0.1, -0.05) is 30.3 Å². The number of hydrogen-bond donors (Lipinski definition) is 0. The van der Waals surface area contributed by atoms with Crippen LogP contribution in [0.15, 0.2) is 85.1 Å². The summed E-state index contributed by atoms with van der Waals surface area (Å²) in [7, 11) is 0. The molecule has 0 bridgehead atoms. The minimum Gasteiger partial charge on any atom is -0.484 e. The minimum atomic E-state index is -4.47. The Morgan fingerprint density at radius 3 is 2.36 bits per heavy atom. The number of pyridine rings is 1. The maximum Gasteiger partial charge on any atom is 0.422 e. The monoisotopic (exact) mass is 538 g/mol. The Morgan fingerprint density at radius 1 is 0.923 bits per heavy atom. The highest BCUT2D eigenvalue weighted by Crippen LogP contribution is 2.41. The molecule has 0 saturated heterocycles. The molecule has 200 valence electrons. The standard InChI is InChI=1S/C30H23F5N2O2/c1-29(16-19-11-23(31)15-24(32)12-19)26-14-21(20-5-4-6-25(13-20)39-18-30(33,34)35)8-9-22(26)17-37(28(29)38)27-7-2-3-10-36-27/h2-15H,16-18H2,1H3. The van der Waals surface area contributed by atoms with E-state index in [-0.39, 0.29) is 24.6 Å². The molecule has 0 spiro atoms. The Bertz CT molecular complexity index is 1500. The molecule has 39 heavy (non-hydrogen) atoms. The number of fused-ring (bicyclic) bond motifs is 1. The van der Waals surface area contributed by atoms with Crippen molar-refractivity contribution in [2.24, 2.45) is 0 Å². The van der Waals surface area contributed by atoms with Crippen LogP contribution in [0.1, 0.15) is 23.6 Å². The number of amides is 1. The van der Waals surface area contributed by atoms with E-state index in [1.54, 1.807) is 48.4 Å². The van der Waals surface area contributed by atoms with E-state index in [1.807, 2.05) is 18.2 Å². The first-order chi connectivity index (χ1) is 18.5. The molecule has 0 saturated carbocycles. The molecule has 0 radical (unpaired) electrons. The van der Waals surface area contributed by atoms with Crippen LogP contribution in [0.2, 0.25) is 0 Å². The van der Waals surface area contributed by atoms with Crippen molar-refractivity contribution < 1.29 is 31.5 Å². The van der Waals surface area contributed by atoms with Gasteiger partial charge >= 0.3 is 6.18 Å². The lowest BCUT2D eigenvalue weighted by Gasteiger charge is -2.41. The fourth-order valence-corrected chi connectivity index (χ4v) is 4.98. The number of alkyl halides is 3. The second kappa shape index (κ2) is 10.1. The van der Waals surface area contributed by atoms with Crippen LogP contribution >= 0.6 is 0 Å². The Balaban J connectivity index is 1.58. The number of rotatable bonds is 6. The third kappa shape index (κ3) is 5.62. The lowest BCUT2D eigenvalue weighted by molar-refractivity contribution is -0.153. The maximum atomic E-state index is 14.1. The Hall–Kier alpha value is -4.27. The van der Waals surface area contributed by atoms with Gasteiger partial charge < -0.3 is 4.74 Å². The third-order valence-electron chi connectivity index (χ3n) is 6.73. The molecule has 4 aromatic rings. The zero-order valence-electron chi connectivity index (χ0n) is 20.8. The van der Waals surface area contributed by atoms with Gasteiger partial charge in [-0.3, -0.25) is 9.69 Å². The molecule has 0 N–H and O–H groups in total. The number of halogens is 5. The minimum absolute atomic E-state index is 0.00896. The summed E-state index contributed by atoms with van der Waals surface area (Å²) in [5.41, 5.74) is 1.80. The van der Waals surface area contributed by atoms with Crippen molar-refractivity contribution in [3.63, 3.8) is 0 Å². The normalized spacial score (nSPS) is 17.2. The summed E-state index contributed by atoms with van der Waals surface area (Å²) in [6, 6.07) is 20.1. The first kappa shape index (κ1) is 26.3. The summed E-state index contributed by atoms with van der Waals surface area (Å²) in [5.74, 6) is -1.29. The van der Waals surface area contributed by atoms with E-state index in [0.717, 1.165) is 11.6 Å². The maximum absolute atomic E-state index is 14.1. The fraction of sp³-hybridized carbons (Fsp3) is 0.200.